The minimum atomic E-state index is 0.0935. The molecule has 3 heteroatoms. The summed E-state index contributed by atoms with van der Waals surface area (Å²) in [6, 6.07) is 8.23. The second kappa shape index (κ2) is 5.34. The Bertz CT molecular complexity index is 755. The van der Waals surface area contributed by atoms with Gasteiger partial charge in [-0.3, -0.25) is 4.79 Å². The van der Waals surface area contributed by atoms with Crippen LogP contribution in [0.1, 0.15) is 45.1 Å². The molecular weight excluding hydrogens is 352 g/mol. The van der Waals surface area contributed by atoms with Crippen LogP contribution in [-0.2, 0) is 9.53 Å². The van der Waals surface area contributed by atoms with Gasteiger partial charge in [0.25, 0.3) is 0 Å². The Labute approximate surface area is 145 Å². The van der Waals surface area contributed by atoms with Gasteiger partial charge in [-0.15, -0.1) is 0 Å². The summed E-state index contributed by atoms with van der Waals surface area (Å²) in [5.41, 5.74) is 5.08. The number of ketones is 1. The van der Waals surface area contributed by atoms with E-state index >= 15 is 0 Å². The smallest absolute Gasteiger partial charge is 0.159 e. The van der Waals surface area contributed by atoms with Gasteiger partial charge in [0.1, 0.15) is 5.76 Å². The molecule has 0 saturated heterocycles. The van der Waals surface area contributed by atoms with E-state index in [2.05, 4.69) is 41.9 Å². The number of allylic oxidation sites excluding steroid dienone is 2. The van der Waals surface area contributed by atoms with E-state index in [1.165, 1.54) is 11.1 Å². The highest BCUT2D eigenvalue weighted by Crippen LogP contribution is 2.50. The van der Waals surface area contributed by atoms with Gasteiger partial charge in [0.15, 0.2) is 5.78 Å². The maximum Gasteiger partial charge on any atom is 0.159 e. The Morgan fingerprint density at radius 2 is 2.00 bits per heavy atom. The molecule has 0 fully saturated rings. The number of hydrogen-bond acceptors (Lipinski definition) is 2. The van der Waals surface area contributed by atoms with Crippen LogP contribution in [0.4, 0.5) is 0 Å². The molecule has 1 aromatic carbocycles. The quantitative estimate of drug-likeness (QED) is 0.669. The number of ether oxygens (including phenoxy) is 1. The van der Waals surface area contributed by atoms with Crippen molar-refractivity contribution in [1.29, 1.82) is 0 Å². The Morgan fingerprint density at radius 1 is 1.22 bits per heavy atom. The van der Waals surface area contributed by atoms with Crippen molar-refractivity contribution in [1.82, 2.24) is 0 Å². The lowest BCUT2D eigenvalue weighted by Gasteiger charge is -2.36. The first-order chi connectivity index (χ1) is 10.9. The van der Waals surface area contributed by atoms with Crippen molar-refractivity contribution in [3.8, 4) is 0 Å². The molecule has 0 amide bonds. The first-order valence-corrected chi connectivity index (χ1v) is 9.09. The van der Waals surface area contributed by atoms with E-state index in [9.17, 15) is 4.79 Å². The number of Topliss-reactive ketones (excluding diaryl/α,β-unsaturated/α-hetero) is 1. The number of benzene rings is 1. The molecule has 0 aromatic heterocycles. The Balaban J connectivity index is 1.76. The van der Waals surface area contributed by atoms with Crippen LogP contribution in [0, 0.1) is 11.3 Å². The molecule has 23 heavy (non-hydrogen) atoms. The third kappa shape index (κ3) is 2.59. The minimum Gasteiger partial charge on any atom is -0.492 e. The summed E-state index contributed by atoms with van der Waals surface area (Å²) in [6.45, 7) is 5.11. The molecular formula is C20H21BrO2. The van der Waals surface area contributed by atoms with E-state index in [0.29, 0.717) is 24.7 Å². The van der Waals surface area contributed by atoms with Crippen LogP contribution in [0.3, 0.4) is 0 Å². The van der Waals surface area contributed by atoms with Gasteiger partial charge >= 0.3 is 0 Å². The van der Waals surface area contributed by atoms with Crippen LogP contribution in [0.15, 0.2) is 45.5 Å². The van der Waals surface area contributed by atoms with Gasteiger partial charge in [-0.05, 0) is 41.9 Å². The zero-order valence-electron chi connectivity index (χ0n) is 13.6. The summed E-state index contributed by atoms with van der Waals surface area (Å²) in [4.78, 5) is 12.5. The van der Waals surface area contributed by atoms with Crippen LogP contribution in [0.2, 0.25) is 0 Å². The molecule has 0 saturated carbocycles. The van der Waals surface area contributed by atoms with Crippen LogP contribution in [0.5, 0.6) is 0 Å². The molecule has 1 atom stereocenters. The average Bonchev–Trinajstić information content (AvgIpc) is 2.88. The van der Waals surface area contributed by atoms with Crippen molar-refractivity contribution in [3.05, 3.63) is 51.0 Å². The van der Waals surface area contributed by atoms with Crippen molar-refractivity contribution in [3.63, 3.8) is 0 Å². The van der Waals surface area contributed by atoms with Crippen molar-refractivity contribution in [2.45, 2.75) is 39.5 Å². The molecule has 0 N–H and O–H groups in total. The summed E-state index contributed by atoms with van der Waals surface area (Å²) in [5, 5.41) is 0. The number of carbonyl (C=O) groups excluding carboxylic acids is 1. The molecule has 1 aliphatic heterocycles. The predicted molar refractivity (Wildman–Crippen MR) is 94.8 cm³/mol. The van der Waals surface area contributed by atoms with E-state index in [0.717, 1.165) is 40.6 Å². The molecule has 0 radical (unpaired) electrons. The van der Waals surface area contributed by atoms with Gasteiger partial charge in [0.2, 0.25) is 0 Å². The Hall–Kier alpha value is -1.35. The molecule has 0 spiro atoms. The first-order valence-electron chi connectivity index (χ1n) is 8.29. The number of carbonyl (C=O) groups is 1. The lowest BCUT2D eigenvalue weighted by Crippen LogP contribution is -2.30. The van der Waals surface area contributed by atoms with Crippen molar-refractivity contribution >= 4 is 27.5 Å². The second-order valence-electron chi connectivity index (χ2n) is 7.75. The average molecular weight is 373 g/mol. The van der Waals surface area contributed by atoms with Crippen LogP contribution >= 0.6 is 15.9 Å². The van der Waals surface area contributed by atoms with Gasteiger partial charge < -0.3 is 4.74 Å². The topological polar surface area (TPSA) is 26.3 Å². The third-order valence-corrected chi connectivity index (χ3v) is 5.97. The van der Waals surface area contributed by atoms with Crippen LogP contribution in [-0.4, -0.2) is 12.4 Å². The molecule has 2 nitrogen and oxygen atoms in total. The summed E-state index contributed by atoms with van der Waals surface area (Å²) in [6.07, 6.45) is 3.50. The van der Waals surface area contributed by atoms with Gasteiger partial charge in [-0.1, -0.05) is 53.5 Å². The highest BCUT2D eigenvalue weighted by Gasteiger charge is 2.40. The van der Waals surface area contributed by atoms with Gasteiger partial charge in [0.05, 0.1) is 6.61 Å². The van der Waals surface area contributed by atoms with Crippen molar-refractivity contribution in [2.24, 2.45) is 11.3 Å². The molecule has 2 aliphatic carbocycles. The van der Waals surface area contributed by atoms with Crippen molar-refractivity contribution < 1.29 is 9.53 Å². The Kier molecular flexibility index (Phi) is 3.53. The maximum absolute atomic E-state index is 12.5. The monoisotopic (exact) mass is 372 g/mol. The fourth-order valence-corrected chi connectivity index (χ4v) is 4.72. The zero-order chi connectivity index (χ0) is 16.2. The highest BCUT2D eigenvalue weighted by atomic mass is 79.9. The first kappa shape index (κ1) is 15.2. The summed E-state index contributed by atoms with van der Waals surface area (Å²) >= 11 is 3.64. The lowest BCUT2D eigenvalue weighted by molar-refractivity contribution is -0.118. The molecule has 1 aromatic rings. The van der Waals surface area contributed by atoms with Crippen LogP contribution < -0.4 is 0 Å². The number of rotatable bonds is 1. The largest absolute Gasteiger partial charge is 0.492 e. The SMILES string of the molecule is CC1(C)CC(=O)C2=C(CC3=C(c4ccccc4Br)OCC3C2)C1. The molecule has 3 aliphatic rings. The molecule has 1 unspecified atom stereocenters. The van der Waals surface area contributed by atoms with E-state index in [1.54, 1.807) is 0 Å². The lowest BCUT2D eigenvalue weighted by atomic mass is 9.67. The van der Waals surface area contributed by atoms with E-state index < -0.39 is 0 Å². The van der Waals surface area contributed by atoms with E-state index in [1.807, 2.05) is 12.1 Å². The highest BCUT2D eigenvalue weighted by molar-refractivity contribution is 9.10. The summed E-state index contributed by atoms with van der Waals surface area (Å²) < 4.78 is 7.14. The van der Waals surface area contributed by atoms with Crippen LogP contribution in [0.25, 0.3) is 5.76 Å². The molecule has 120 valence electrons. The summed E-state index contributed by atoms with van der Waals surface area (Å²) in [5.74, 6) is 1.77. The number of hydrogen-bond donors (Lipinski definition) is 0. The van der Waals surface area contributed by atoms with E-state index in [-0.39, 0.29) is 5.41 Å². The molecule has 0 bridgehead atoms. The van der Waals surface area contributed by atoms with Gasteiger partial charge in [0, 0.05) is 22.4 Å². The third-order valence-electron chi connectivity index (χ3n) is 5.28. The molecule has 4 rings (SSSR count). The standard InChI is InChI=1S/C20H21BrO2/c1-20(2)9-12-7-16-13(8-15(12)18(22)10-20)11-23-19(16)14-5-3-4-6-17(14)21/h3-6,13H,7-11H2,1-2H3. The fourth-order valence-electron chi connectivity index (χ4n) is 4.25. The number of fused-ring (bicyclic) bond motifs is 1. The number of halogens is 1. The fraction of sp³-hybridized carbons (Fsp3) is 0.450. The van der Waals surface area contributed by atoms with Crippen molar-refractivity contribution in [2.75, 3.05) is 6.61 Å². The predicted octanol–water partition coefficient (Wildman–Crippen LogP) is 5.29. The molecule has 1 heterocycles. The second-order valence-corrected chi connectivity index (χ2v) is 8.60. The van der Waals surface area contributed by atoms with E-state index in [4.69, 9.17) is 4.74 Å². The zero-order valence-corrected chi connectivity index (χ0v) is 15.2. The summed E-state index contributed by atoms with van der Waals surface area (Å²) in [7, 11) is 0. The van der Waals surface area contributed by atoms with Gasteiger partial charge in [-0.2, -0.15) is 0 Å². The Morgan fingerprint density at radius 3 is 2.78 bits per heavy atom. The van der Waals surface area contributed by atoms with Gasteiger partial charge in [-0.25, -0.2) is 0 Å². The minimum absolute atomic E-state index is 0.0935. The maximum atomic E-state index is 12.5. The normalized spacial score (nSPS) is 26.0.